The first-order valence-corrected chi connectivity index (χ1v) is 4.92. The summed E-state index contributed by atoms with van der Waals surface area (Å²) in [7, 11) is 0. The molecule has 80 valence electrons. The van der Waals surface area contributed by atoms with Gasteiger partial charge in [-0.2, -0.15) is 0 Å². The predicted molar refractivity (Wildman–Crippen MR) is 47.1 cm³/mol. The summed E-state index contributed by atoms with van der Waals surface area (Å²) >= 11 is 0. The van der Waals surface area contributed by atoms with E-state index < -0.39 is 17.5 Å². The lowest BCUT2D eigenvalue weighted by Gasteiger charge is -2.33. The van der Waals surface area contributed by atoms with Crippen molar-refractivity contribution < 1.29 is 19.4 Å². The van der Waals surface area contributed by atoms with Crippen molar-refractivity contribution in [3.05, 3.63) is 0 Å². The minimum Gasteiger partial charge on any atom is -0.539 e. The molecule has 0 saturated heterocycles. The molecule has 14 heavy (non-hydrogen) atoms. The summed E-state index contributed by atoms with van der Waals surface area (Å²) in [6.07, 6.45) is 3.48. The van der Waals surface area contributed by atoms with Crippen LogP contribution in [0.15, 0.2) is 0 Å². The lowest BCUT2D eigenvalue weighted by Crippen LogP contribution is -2.43. The molecule has 1 aliphatic carbocycles. The van der Waals surface area contributed by atoms with Crippen molar-refractivity contribution >= 4 is 11.9 Å². The highest BCUT2D eigenvalue weighted by Gasteiger charge is 2.40. The molecule has 0 spiro atoms. The fourth-order valence-corrected chi connectivity index (χ4v) is 2.00. The Morgan fingerprint density at radius 2 is 1.79 bits per heavy atom. The standard InChI is InChI=1S/C10H16O4/c1-7(2)10(5-3-4-6-10)14-9(13)8(11)12/h7H,3-6H2,1-2H3,(H,11,12)/p-1. The summed E-state index contributed by atoms with van der Waals surface area (Å²) in [5.74, 6) is -2.84. The van der Waals surface area contributed by atoms with E-state index in [1.165, 1.54) is 0 Å². The van der Waals surface area contributed by atoms with Gasteiger partial charge in [0.2, 0.25) is 0 Å². The van der Waals surface area contributed by atoms with E-state index in [0.29, 0.717) is 0 Å². The molecular formula is C10H15O4-. The third-order valence-corrected chi connectivity index (χ3v) is 2.96. The number of carbonyl (C=O) groups excluding carboxylic acids is 2. The van der Waals surface area contributed by atoms with Crippen molar-refractivity contribution in [2.24, 2.45) is 5.92 Å². The lowest BCUT2D eigenvalue weighted by atomic mass is 9.88. The minimum absolute atomic E-state index is 0.147. The SMILES string of the molecule is CC(C)C1(OC(=O)C(=O)[O-])CCCC1. The van der Waals surface area contributed by atoms with Crippen LogP contribution >= 0.6 is 0 Å². The molecule has 0 amide bonds. The van der Waals surface area contributed by atoms with Gasteiger partial charge < -0.3 is 14.6 Å². The molecule has 1 fully saturated rings. The predicted octanol–water partition coefficient (Wildman–Crippen LogP) is 0.248. The normalized spacial score (nSPS) is 19.6. The number of rotatable bonds is 2. The molecule has 0 aromatic carbocycles. The third kappa shape index (κ3) is 2.05. The zero-order valence-electron chi connectivity index (χ0n) is 8.54. The Bertz CT molecular complexity index is 239. The van der Waals surface area contributed by atoms with E-state index in [1.807, 2.05) is 13.8 Å². The Kier molecular flexibility index (Phi) is 3.13. The van der Waals surface area contributed by atoms with E-state index in [1.54, 1.807) is 0 Å². The van der Waals surface area contributed by atoms with Gasteiger partial charge in [-0.25, -0.2) is 4.79 Å². The molecule has 1 aliphatic rings. The fraction of sp³-hybridized carbons (Fsp3) is 0.800. The Hall–Kier alpha value is -1.06. The smallest absolute Gasteiger partial charge is 0.354 e. The molecule has 0 aromatic rings. The monoisotopic (exact) mass is 199 g/mol. The molecule has 0 atom stereocenters. The maximum atomic E-state index is 10.9. The first kappa shape index (κ1) is 11.0. The van der Waals surface area contributed by atoms with Crippen LogP contribution in [0.3, 0.4) is 0 Å². The highest BCUT2D eigenvalue weighted by molar-refractivity contribution is 6.27. The second-order valence-electron chi connectivity index (χ2n) is 4.10. The number of aliphatic carboxylic acids is 1. The Balaban J connectivity index is 2.70. The molecule has 0 bridgehead atoms. The molecule has 4 heteroatoms. The van der Waals surface area contributed by atoms with Gasteiger partial charge in [-0.05, 0) is 31.6 Å². The molecule has 0 unspecified atom stereocenters. The molecule has 0 N–H and O–H groups in total. The number of hydrogen-bond acceptors (Lipinski definition) is 4. The van der Waals surface area contributed by atoms with Crippen LogP contribution in [0.1, 0.15) is 39.5 Å². The van der Waals surface area contributed by atoms with Gasteiger partial charge in [0.05, 0.1) is 0 Å². The summed E-state index contributed by atoms with van der Waals surface area (Å²) in [5.41, 5.74) is -0.572. The second-order valence-corrected chi connectivity index (χ2v) is 4.10. The fourth-order valence-electron chi connectivity index (χ4n) is 2.00. The summed E-state index contributed by atoms with van der Waals surface area (Å²) < 4.78 is 5.02. The van der Waals surface area contributed by atoms with Crippen LogP contribution < -0.4 is 5.11 Å². The van der Waals surface area contributed by atoms with Crippen LogP contribution in [-0.4, -0.2) is 17.5 Å². The van der Waals surface area contributed by atoms with Crippen LogP contribution in [0, 0.1) is 5.92 Å². The Labute approximate surface area is 83.2 Å². The van der Waals surface area contributed by atoms with Crippen LogP contribution in [0.2, 0.25) is 0 Å². The molecule has 4 nitrogen and oxygen atoms in total. The van der Waals surface area contributed by atoms with Crippen molar-refractivity contribution in [2.75, 3.05) is 0 Å². The maximum absolute atomic E-state index is 10.9. The molecule has 0 radical (unpaired) electrons. The second kappa shape index (κ2) is 3.98. The van der Waals surface area contributed by atoms with Crippen molar-refractivity contribution in [1.29, 1.82) is 0 Å². The molecule has 1 rings (SSSR count). The first-order chi connectivity index (χ1) is 6.48. The highest BCUT2D eigenvalue weighted by atomic mass is 16.6. The quantitative estimate of drug-likeness (QED) is 0.472. The van der Waals surface area contributed by atoms with Crippen LogP contribution in [0.25, 0.3) is 0 Å². The average molecular weight is 199 g/mol. The van der Waals surface area contributed by atoms with E-state index in [9.17, 15) is 14.7 Å². The van der Waals surface area contributed by atoms with Gasteiger partial charge in [-0.3, -0.25) is 0 Å². The summed E-state index contributed by atoms with van der Waals surface area (Å²) in [4.78, 5) is 21.2. The van der Waals surface area contributed by atoms with Crippen LogP contribution in [0.5, 0.6) is 0 Å². The number of ether oxygens (including phenoxy) is 1. The molecule has 1 saturated carbocycles. The third-order valence-electron chi connectivity index (χ3n) is 2.96. The molecule has 0 aliphatic heterocycles. The van der Waals surface area contributed by atoms with Crippen LogP contribution in [0.4, 0.5) is 0 Å². The van der Waals surface area contributed by atoms with Gasteiger partial charge in [-0.1, -0.05) is 13.8 Å². The van der Waals surface area contributed by atoms with E-state index in [4.69, 9.17) is 4.74 Å². The first-order valence-electron chi connectivity index (χ1n) is 4.92. The van der Waals surface area contributed by atoms with Crippen molar-refractivity contribution in [3.63, 3.8) is 0 Å². The summed E-state index contributed by atoms with van der Waals surface area (Å²) in [6.45, 7) is 3.88. The van der Waals surface area contributed by atoms with E-state index in [2.05, 4.69) is 0 Å². The molecule has 0 heterocycles. The summed E-state index contributed by atoms with van der Waals surface area (Å²) in [5, 5.41) is 10.3. The molecular weight excluding hydrogens is 184 g/mol. The topological polar surface area (TPSA) is 66.4 Å². The largest absolute Gasteiger partial charge is 0.539 e. The lowest BCUT2D eigenvalue weighted by molar-refractivity contribution is -0.305. The van der Waals surface area contributed by atoms with Gasteiger partial charge >= 0.3 is 5.97 Å². The number of hydrogen-bond donors (Lipinski definition) is 0. The van der Waals surface area contributed by atoms with Crippen molar-refractivity contribution in [2.45, 2.75) is 45.1 Å². The van der Waals surface area contributed by atoms with Gasteiger partial charge in [0.15, 0.2) is 5.97 Å². The van der Waals surface area contributed by atoms with E-state index in [-0.39, 0.29) is 5.92 Å². The van der Waals surface area contributed by atoms with E-state index >= 15 is 0 Å². The summed E-state index contributed by atoms with van der Waals surface area (Å²) in [6, 6.07) is 0. The average Bonchev–Trinajstić information content (AvgIpc) is 2.53. The zero-order valence-corrected chi connectivity index (χ0v) is 8.54. The van der Waals surface area contributed by atoms with Gasteiger partial charge in [-0.15, -0.1) is 0 Å². The Morgan fingerprint density at radius 3 is 2.14 bits per heavy atom. The van der Waals surface area contributed by atoms with Crippen molar-refractivity contribution in [1.82, 2.24) is 0 Å². The van der Waals surface area contributed by atoms with Gasteiger partial charge in [0.25, 0.3) is 0 Å². The van der Waals surface area contributed by atoms with E-state index in [0.717, 1.165) is 25.7 Å². The van der Waals surface area contributed by atoms with Gasteiger partial charge in [0, 0.05) is 0 Å². The molecule has 0 aromatic heterocycles. The zero-order chi connectivity index (χ0) is 10.8. The van der Waals surface area contributed by atoms with Crippen molar-refractivity contribution in [3.8, 4) is 0 Å². The highest BCUT2D eigenvalue weighted by Crippen LogP contribution is 2.39. The minimum atomic E-state index is -1.75. The number of carboxylic acids is 1. The number of carbonyl (C=O) groups is 2. The van der Waals surface area contributed by atoms with Crippen LogP contribution in [-0.2, 0) is 14.3 Å². The Morgan fingerprint density at radius 1 is 1.29 bits per heavy atom. The maximum Gasteiger partial charge on any atom is 0.354 e. The number of esters is 1. The van der Waals surface area contributed by atoms with Gasteiger partial charge in [0.1, 0.15) is 5.60 Å². The number of carboxylic acid groups (broad SMARTS) is 1.